The lowest BCUT2D eigenvalue weighted by atomic mass is 10.2. The van der Waals surface area contributed by atoms with Crippen LogP contribution in [0, 0.1) is 0 Å². The molecule has 0 unspecified atom stereocenters. The van der Waals surface area contributed by atoms with Gasteiger partial charge in [-0.15, -0.1) is 0 Å². The topological polar surface area (TPSA) is 67.4 Å². The normalized spacial score (nSPS) is 24.1. The van der Waals surface area contributed by atoms with Crippen molar-refractivity contribution < 1.29 is 9.53 Å². The molecule has 1 fully saturated rings. The van der Waals surface area contributed by atoms with Gasteiger partial charge in [0.1, 0.15) is 5.69 Å². The first-order chi connectivity index (χ1) is 8.74. The van der Waals surface area contributed by atoms with Crippen molar-refractivity contribution in [2.75, 3.05) is 26.7 Å². The van der Waals surface area contributed by atoms with Gasteiger partial charge in [0, 0.05) is 32.6 Å². The van der Waals surface area contributed by atoms with E-state index in [-0.39, 0.29) is 18.1 Å². The van der Waals surface area contributed by atoms with Crippen molar-refractivity contribution in [1.82, 2.24) is 20.2 Å². The van der Waals surface area contributed by atoms with E-state index in [2.05, 4.69) is 27.1 Å². The van der Waals surface area contributed by atoms with E-state index in [0.29, 0.717) is 5.69 Å². The highest BCUT2D eigenvalue weighted by Gasteiger charge is 2.33. The number of hydrogen-bond acceptors (Lipinski definition) is 5. The molecule has 6 heteroatoms. The fourth-order valence-corrected chi connectivity index (χ4v) is 2.15. The molecule has 1 aliphatic heterocycles. The van der Waals surface area contributed by atoms with E-state index in [0.717, 1.165) is 19.6 Å². The molecule has 1 N–H and O–H groups in total. The lowest BCUT2D eigenvalue weighted by Gasteiger charge is -2.18. The number of aromatic nitrogens is 2. The zero-order valence-corrected chi connectivity index (χ0v) is 10.7. The van der Waals surface area contributed by atoms with Gasteiger partial charge in [0.2, 0.25) is 0 Å². The van der Waals surface area contributed by atoms with Crippen molar-refractivity contribution in [3.63, 3.8) is 0 Å². The molecule has 0 bridgehead atoms. The Morgan fingerprint density at radius 1 is 1.56 bits per heavy atom. The largest absolute Gasteiger partial charge is 0.378 e. The Morgan fingerprint density at radius 2 is 2.39 bits per heavy atom. The van der Waals surface area contributed by atoms with E-state index in [4.69, 9.17) is 4.74 Å². The summed E-state index contributed by atoms with van der Waals surface area (Å²) in [6, 6.07) is 0.00413. The molecule has 0 spiro atoms. The van der Waals surface area contributed by atoms with Gasteiger partial charge in [0.05, 0.1) is 18.3 Å². The number of ether oxygens (including phenoxy) is 1. The number of amides is 1. The molecular weight excluding hydrogens is 232 g/mol. The lowest BCUT2D eigenvalue weighted by Crippen LogP contribution is -2.43. The second kappa shape index (κ2) is 5.88. The van der Waals surface area contributed by atoms with E-state index < -0.39 is 0 Å². The molecule has 0 radical (unpaired) electrons. The molecule has 2 heterocycles. The standard InChI is InChI=1S/C12H18N4O2/c1-3-16-7-10(11(8-16)18-2)15-12(17)9-6-13-4-5-14-9/h4-6,10-11H,3,7-8H2,1-2H3,(H,15,17)/t10-,11-/m0/s1. The van der Waals surface area contributed by atoms with Crippen LogP contribution in [0.25, 0.3) is 0 Å². The Balaban J connectivity index is 1.98. The molecule has 0 aliphatic carbocycles. The summed E-state index contributed by atoms with van der Waals surface area (Å²) >= 11 is 0. The van der Waals surface area contributed by atoms with Crippen molar-refractivity contribution >= 4 is 5.91 Å². The van der Waals surface area contributed by atoms with Crippen molar-refractivity contribution in [3.8, 4) is 0 Å². The Labute approximate surface area is 106 Å². The van der Waals surface area contributed by atoms with E-state index in [9.17, 15) is 4.79 Å². The molecular formula is C12H18N4O2. The molecule has 1 aromatic heterocycles. The Hall–Kier alpha value is -1.53. The minimum absolute atomic E-state index is 0.00413. The van der Waals surface area contributed by atoms with Gasteiger partial charge in [0.25, 0.3) is 5.91 Å². The van der Waals surface area contributed by atoms with E-state index >= 15 is 0 Å². The number of rotatable bonds is 4. The van der Waals surface area contributed by atoms with Crippen LogP contribution >= 0.6 is 0 Å². The number of carbonyl (C=O) groups excluding carboxylic acids is 1. The summed E-state index contributed by atoms with van der Waals surface area (Å²) in [5.41, 5.74) is 0.335. The van der Waals surface area contributed by atoms with Crippen LogP contribution in [0.5, 0.6) is 0 Å². The maximum atomic E-state index is 12.0. The van der Waals surface area contributed by atoms with Crippen molar-refractivity contribution in [3.05, 3.63) is 24.3 Å². The number of carbonyl (C=O) groups is 1. The van der Waals surface area contributed by atoms with Crippen LogP contribution in [0.4, 0.5) is 0 Å². The summed E-state index contributed by atoms with van der Waals surface area (Å²) in [6.45, 7) is 4.70. The van der Waals surface area contributed by atoms with Crippen molar-refractivity contribution in [2.45, 2.75) is 19.1 Å². The molecule has 1 saturated heterocycles. The van der Waals surface area contributed by atoms with E-state index in [1.165, 1.54) is 12.4 Å². The average Bonchev–Trinajstić information content (AvgIpc) is 2.82. The molecule has 2 atom stereocenters. The quantitative estimate of drug-likeness (QED) is 0.810. The van der Waals surface area contributed by atoms with Gasteiger partial charge in [-0.3, -0.25) is 14.7 Å². The highest BCUT2D eigenvalue weighted by Crippen LogP contribution is 2.13. The Bertz CT molecular complexity index is 398. The second-order valence-electron chi connectivity index (χ2n) is 4.30. The van der Waals surface area contributed by atoms with Crippen LogP contribution in [0.15, 0.2) is 18.6 Å². The number of nitrogens with one attached hydrogen (secondary N) is 1. The number of nitrogens with zero attached hydrogens (tertiary/aromatic N) is 3. The highest BCUT2D eigenvalue weighted by atomic mass is 16.5. The van der Waals surface area contributed by atoms with Gasteiger partial charge in [-0.2, -0.15) is 0 Å². The van der Waals surface area contributed by atoms with E-state index in [1.807, 2.05) is 0 Å². The summed E-state index contributed by atoms with van der Waals surface area (Å²) < 4.78 is 5.40. The fraction of sp³-hybridized carbons (Fsp3) is 0.583. The summed E-state index contributed by atoms with van der Waals surface area (Å²) in [6.07, 6.45) is 4.55. The molecule has 6 nitrogen and oxygen atoms in total. The van der Waals surface area contributed by atoms with Crippen LogP contribution in [0.2, 0.25) is 0 Å². The third-order valence-corrected chi connectivity index (χ3v) is 3.20. The third kappa shape index (κ3) is 2.83. The molecule has 0 saturated carbocycles. The van der Waals surface area contributed by atoms with Crippen LogP contribution < -0.4 is 5.32 Å². The second-order valence-corrected chi connectivity index (χ2v) is 4.30. The molecule has 1 aromatic rings. The van der Waals surface area contributed by atoms with Crippen LogP contribution in [0.1, 0.15) is 17.4 Å². The van der Waals surface area contributed by atoms with Gasteiger partial charge < -0.3 is 10.1 Å². The number of methoxy groups -OCH3 is 1. The van der Waals surface area contributed by atoms with Crippen molar-refractivity contribution in [2.24, 2.45) is 0 Å². The maximum Gasteiger partial charge on any atom is 0.271 e. The molecule has 98 valence electrons. The third-order valence-electron chi connectivity index (χ3n) is 3.20. The SMILES string of the molecule is CCN1C[C@H](NC(=O)c2cnccn2)[C@@H](OC)C1. The number of likely N-dealkylation sites (tertiary alicyclic amines) is 1. The predicted octanol–water partition coefficient (Wildman–Crippen LogP) is -0.0745. The summed E-state index contributed by atoms with van der Waals surface area (Å²) in [4.78, 5) is 22.1. The Kier molecular flexibility index (Phi) is 4.22. The van der Waals surface area contributed by atoms with Crippen molar-refractivity contribution in [1.29, 1.82) is 0 Å². The van der Waals surface area contributed by atoms with Crippen LogP contribution in [0.3, 0.4) is 0 Å². The minimum atomic E-state index is -0.201. The maximum absolute atomic E-state index is 12.0. The molecule has 1 amide bonds. The number of hydrogen-bond donors (Lipinski definition) is 1. The molecule has 0 aromatic carbocycles. The summed E-state index contributed by atoms with van der Waals surface area (Å²) in [5, 5.41) is 2.95. The fourth-order valence-electron chi connectivity index (χ4n) is 2.15. The minimum Gasteiger partial charge on any atom is -0.378 e. The lowest BCUT2D eigenvalue weighted by molar-refractivity contribution is 0.0759. The van der Waals surface area contributed by atoms with Crippen LogP contribution in [-0.4, -0.2) is 59.7 Å². The van der Waals surface area contributed by atoms with Gasteiger partial charge in [-0.05, 0) is 6.54 Å². The van der Waals surface area contributed by atoms with Gasteiger partial charge >= 0.3 is 0 Å². The monoisotopic (exact) mass is 250 g/mol. The predicted molar refractivity (Wildman–Crippen MR) is 66.2 cm³/mol. The van der Waals surface area contributed by atoms with Gasteiger partial charge in [-0.1, -0.05) is 6.92 Å². The molecule has 18 heavy (non-hydrogen) atoms. The van der Waals surface area contributed by atoms with E-state index in [1.54, 1.807) is 13.3 Å². The van der Waals surface area contributed by atoms with Gasteiger partial charge in [0.15, 0.2) is 0 Å². The first-order valence-electron chi connectivity index (χ1n) is 6.06. The summed E-state index contributed by atoms with van der Waals surface area (Å²) in [5.74, 6) is -0.201. The first kappa shape index (κ1) is 12.9. The zero-order chi connectivity index (χ0) is 13.0. The molecule has 1 aliphatic rings. The van der Waals surface area contributed by atoms with Gasteiger partial charge in [-0.25, -0.2) is 4.98 Å². The smallest absolute Gasteiger partial charge is 0.271 e. The number of likely N-dealkylation sites (N-methyl/N-ethyl adjacent to an activating group) is 1. The average molecular weight is 250 g/mol. The summed E-state index contributed by atoms with van der Waals surface area (Å²) in [7, 11) is 1.67. The first-order valence-corrected chi connectivity index (χ1v) is 6.06. The highest BCUT2D eigenvalue weighted by molar-refractivity contribution is 5.92. The molecule has 2 rings (SSSR count). The van der Waals surface area contributed by atoms with Crippen LogP contribution in [-0.2, 0) is 4.74 Å². The Morgan fingerprint density at radius 3 is 3.00 bits per heavy atom. The zero-order valence-electron chi connectivity index (χ0n) is 10.7.